The van der Waals surface area contributed by atoms with Gasteiger partial charge in [-0.1, -0.05) is 42.0 Å². The smallest absolute Gasteiger partial charge is 0.216 e. The Morgan fingerprint density at radius 3 is 2.78 bits per heavy atom. The van der Waals surface area contributed by atoms with Gasteiger partial charge in [0.2, 0.25) is 4.77 Å². The minimum atomic E-state index is -0.259. The zero-order chi connectivity index (χ0) is 16.2. The van der Waals surface area contributed by atoms with E-state index < -0.39 is 0 Å². The Hall–Kier alpha value is -2.60. The third kappa shape index (κ3) is 3.78. The van der Waals surface area contributed by atoms with Gasteiger partial charge in [-0.3, -0.25) is 5.10 Å². The Balaban J connectivity index is 1.87. The van der Waals surface area contributed by atoms with Gasteiger partial charge in [0.15, 0.2) is 5.82 Å². The number of halogens is 1. The van der Waals surface area contributed by atoms with Crippen molar-refractivity contribution in [3.05, 3.63) is 81.6 Å². The van der Waals surface area contributed by atoms with Crippen molar-refractivity contribution in [3.63, 3.8) is 0 Å². The second-order valence-corrected chi connectivity index (χ2v) is 5.61. The van der Waals surface area contributed by atoms with Crippen LogP contribution in [-0.2, 0) is 6.42 Å². The van der Waals surface area contributed by atoms with Crippen molar-refractivity contribution < 1.29 is 4.39 Å². The van der Waals surface area contributed by atoms with Crippen molar-refractivity contribution in [3.8, 4) is 0 Å². The van der Waals surface area contributed by atoms with Crippen LogP contribution in [0, 0.1) is 17.5 Å². The molecular formula is C17H15FN4S. The summed E-state index contributed by atoms with van der Waals surface area (Å²) in [7, 11) is 0. The third-order valence-corrected chi connectivity index (χ3v) is 3.62. The van der Waals surface area contributed by atoms with Gasteiger partial charge in [0.05, 0.1) is 6.21 Å². The van der Waals surface area contributed by atoms with Crippen LogP contribution in [0.2, 0.25) is 0 Å². The van der Waals surface area contributed by atoms with Crippen LogP contribution in [0.1, 0.15) is 22.5 Å². The second kappa shape index (κ2) is 6.66. The fourth-order valence-corrected chi connectivity index (χ4v) is 2.42. The van der Waals surface area contributed by atoms with Gasteiger partial charge in [0.1, 0.15) is 5.82 Å². The molecule has 0 spiro atoms. The van der Waals surface area contributed by atoms with Crippen LogP contribution >= 0.6 is 12.2 Å². The molecule has 2 aromatic carbocycles. The summed E-state index contributed by atoms with van der Waals surface area (Å²) in [5.74, 6) is 0.413. The molecule has 0 atom stereocenters. The monoisotopic (exact) mass is 326 g/mol. The van der Waals surface area contributed by atoms with Gasteiger partial charge in [0, 0.05) is 6.42 Å². The summed E-state index contributed by atoms with van der Waals surface area (Å²) >= 11 is 5.22. The van der Waals surface area contributed by atoms with Gasteiger partial charge >= 0.3 is 0 Å². The summed E-state index contributed by atoms with van der Waals surface area (Å²) in [6.45, 7) is 2.03. The van der Waals surface area contributed by atoms with Gasteiger partial charge in [-0.05, 0) is 42.4 Å². The van der Waals surface area contributed by atoms with Crippen molar-refractivity contribution in [2.45, 2.75) is 13.3 Å². The molecule has 3 rings (SSSR count). The molecule has 0 saturated carbocycles. The molecular weight excluding hydrogens is 311 g/mol. The Morgan fingerprint density at radius 2 is 2.04 bits per heavy atom. The minimum absolute atomic E-state index is 0.259. The van der Waals surface area contributed by atoms with Gasteiger partial charge < -0.3 is 0 Å². The summed E-state index contributed by atoms with van der Waals surface area (Å²) in [5.41, 5.74) is 3.09. The maximum absolute atomic E-state index is 13.0. The van der Waals surface area contributed by atoms with E-state index in [-0.39, 0.29) is 5.82 Å². The van der Waals surface area contributed by atoms with Gasteiger partial charge in [0.25, 0.3) is 0 Å². The first kappa shape index (κ1) is 15.3. The minimum Gasteiger partial charge on any atom is -0.250 e. The number of aromatic amines is 1. The summed E-state index contributed by atoms with van der Waals surface area (Å²) in [6, 6.07) is 14.3. The van der Waals surface area contributed by atoms with Crippen LogP contribution in [0.4, 0.5) is 4.39 Å². The molecule has 6 heteroatoms. The SMILES string of the molecule is Cc1cccc(/C=N\n2c(Cc3ccc(F)cc3)n[nH]c2=S)c1. The molecule has 0 aliphatic rings. The van der Waals surface area contributed by atoms with Gasteiger partial charge in [-0.25, -0.2) is 4.39 Å². The molecule has 3 aromatic rings. The highest BCUT2D eigenvalue weighted by Crippen LogP contribution is 2.09. The molecule has 0 radical (unpaired) electrons. The van der Waals surface area contributed by atoms with Crippen LogP contribution in [0.25, 0.3) is 0 Å². The maximum Gasteiger partial charge on any atom is 0.216 e. The first-order valence-corrected chi connectivity index (χ1v) is 7.54. The average Bonchev–Trinajstić information content (AvgIpc) is 2.88. The van der Waals surface area contributed by atoms with E-state index in [2.05, 4.69) is 15.3 Å². The Kier molecular flexibility index (Phi) is 4.43. The lowest BCUT2D eigenvalue weighted by atomic mass is 10.1. The predicted octanol–water partition coefficient (Wildman–Crippen LogP) is 3.86. The topological polar surface area (TPSA) is 46.0 Å². The quantitative estimate of drug-likeness (QED) is 0.584. The number of H-pyrrole nitrogens is 1. The molecule has 0 unspecified atom stereocenters. The number of hydrogen-bond donors (Lipinski definition) is 1. The molecule has 1 aromatic heterocycles. The fraction of sp³-hybridized carbons (Fsp3) is 0.118. The average molecular weight is 326 g/mol. The Morgan fingerprint density at radius 1 is 1.26 bits per heavy atom. The van der Waals surface area contributed by atoms with Crippen molar-refractivity contribution in [2.24, 2.45) is 5.10 Å². The van der Waals surface area contributed by atoms with Crippen molar-refractivity contribution in [1.29, 1.82) is 0 Å². The van der Waals surface area contributed by atoms with Crippen LogP contribution in [0.3, 0.4) is 0 Å². The highest BCUT2D eigenvalue weighted by atomic mass is 32.1. The van der Waals surface area contributed by atoms with Gasteiger partial charge in [-0.2, -0.15) is 14.9 Å². The largest absolute Gasteiger partial charge is 0.250 e. The summed E-state index contributed by atoms with van der Waals surface area (Å²) in [5, 5.41) is 11.4. The second-order valence-electron chi connectivity index (χ2n) is 5.22. The normalized spacial score (nSPS) is 11.2. The zero-order valence-corrected chi connectivity index (χ0v) is 13.3. The lowest BCUT2D eigenvalue weighted by Crippen LogP contribution is -2.00. The highest BCUT2D eigenvalue weighted by Gasteiger charge is 2.06. The van der Waals surface area contributed by atoms with E-state index in [0.29, 0.717) is 17.0 Å². The van der Waals surface area contributed by atoms with E-state index in [1.807, 2.05) is 31.2 Å². The Bertz CT molecular complexity index is 893. The molecule has 0 aliphatic carbocycles. The number of hydrogen-bond acceptors (Lipinski definition) is 3. The molecule has 1 N–H and O–H groups in total. The molecule has 0 saturated heterocycles. The summed E-state index contributed by atoms with van der Waals surface area (Å²) in [6.07, 6.45) is 2.26. The number of benzene rings is 2. The molecule has 4 nitrogen and oxygen atoms in total. The molecule has 0 amide bonds. The third-order valence-electron chi connectivity index (χ3n) is 3.36. The first-order valence-electron chi connectivity index (χ1n) is 7.13. The van der Waals surface area contributed by atoms with E-state index >= 15 is 0 Å². The molecule has 1 heterocycles. The predicted molar refractivity (Wildman–Crippen MR) is 90.8 cm³/mol. The van der Waals surface area contributed by atoms with E-state index in [1.165, 1.54) is 12.1 Å². The summed E-state index contributed by atoms with van der Waals surface area (Å²) in [4.78, 5) is 0. The molecule has 0 fully saturated rings. The van der Waals surface area contributed by atoms with E-state index in [9.17, 15) is 4.39 Å². The number of nitrogens with zero attached hydrogens (tertiary/aromatic N) is 3. The number of aryl methyl sites for hydroxylation is 1. The number of rotatable bonds is 4. The van der Waals surface area contributed by atoms with E-state index in [0.717, 1.165) is 16.7 Å². The van der Waals surface area contributed by atoms with Crippen molar-refractivity contribution in [1.82, 2.24) is 14.9 Å². The lowest BCUT2D eigenvalue weighted by Gasteiger charge is -2.02. The van der Waals surface area contributed by atoms with E-state index in [1.54, 1.807) is 23.0 Å². The zero-order valence-electron chi connectivity index (χ0n) is 12.5. The number of nitrogens with one attached hydrogen (secondary N) is 1. The van der Waals surface area contributed by atoms with Crippen LogP contribution in [0.15, 0.2) is 53.6 Å². The molecule has 23 heavy (non-hydrogen) atoms. The maximum atomic E-state index is 13.0. The standard InChI is InChI=1S/C17H15FN4S/c1-12-3-2-4-14(9-12)11-19-22-16(20-21-17(22)23)10-13-5-7-15(18)8-6-13/h2-9,11H,10H2,1H3,(H,21,23)/b19-11-. The highest BCUT2D eigenvalue weighted by molar-refractivity contribution is 7.71. The van der Waals surface area contributed by atoms with Gasteiger partial charge in [-0.15, -0.1) is 0 Å². The number of aromatic nitrogens is 3. The molecule has 0 aliphatic heterocycles. The Labute approximate surface area is 138 Å². The first-order chi connectivity index (χ1) is 11.1. The summed E-state index contributed by atoms with van der Waals surface area (Å²) < 4.78 is 15.0. The van der Waals surface area contributed by atoms with Crippen molar-refractivity contribution in [2.75, 3.05) is 0 Å². The fourth-order valence-electron chi connectivity index (χ4n) is 2.22. The van der Waals surface area contributed by atoms with Crippen LogP contribution in [-0.4, -0.2) is 21.1 Å². The molecule has 116 valence electrons. The van der Waals surface area contributed by atoms with Crippen LogP contribution in [0.5, 0.6) is 0 Å². The van der Waals surface area contributed by atoms with Crippen LogP contribution < -0.4 is 0 Å². The van der Waals surface area contributed by atoms with E-state index in [4.69, 9.17) is 12.2 Å². The molecule has 0 bridgehead atoms. The lowest BCUT2D eigenvalue weighted by molar-refractivity contribution is 0.627. The van der Waals surface area contributed by atoms with Crippen molar-refractivity contribution >= 4 is 18.4 Å².